The van der Waals surface area contributed by atoms with E-state index in [0.29, 0.717) is 25.3 Å². The van der Waals surface area contributed by atoms with Gasteiger partial charge in [-0.3, -0.25) is 9.59 Å². The molecular formula is C15H19BrN4O4. The number of aliphatic carboxylic acids is 1. The first kappa shape index (κ1) is 18.2. The van der Waals surface area contributed by atoms with Crippen LogP contribution in [0.2, 0.25) is 0 Å². The standard InChI is InChI=1S/C15H19BrN4O4/c16-11-3-4-12(18-8-11)19-14(23)10-2-1-7-20(9-10)15(24)17-6-5-13(21)22/h3-4,8,10H,1-2,5-7,9H2,(H,17,24)(H,21,22)(H,18,19,23). The third kappa shape index (κ3) is 5.48. The molecule has 1 aromatic rings. The van der Waals surface area contributed by atoms with Gasteiger partial charge >= 0.3 is 12.0 Å². The van der Waals surface area contributed by atoms with Gasteiger partial charge in [-0.05, 0) is 40.9 Å². The highest BCUT2D eigenvalue weighted by atomic mass is 79.9. The van der Waals surface area contributed by atoms with Crippen molar-refractivity contribution in [2.75, 3.05) is 25.0 Å². The molecule has 1 unspecified atom stereocenters. The summed E-state index contributed by atoms with van der Waals surface area (Å²) in [6.45, 7) is 0.935. The van der Waals surface area contributed by atoms with Gasteiger partial charge in [0.15, 0.2) is 0 Å². The van der Waals surface area contributed by atoms with E-state index < -0.39 is 5.97 Å². The Labute approximate surface area is 147 Å². The zero-order valence-electron chi connectivity index (χ0n) is 13.0. The van der Waals surface area contributed by atoms with Gasteiger partial charge in [-0.15, -0.1) is 0 Å². The van der Waals surface area contributed by atoms with Crippen LogP contribution in [-0.4, -0.2) is 52.5 Å². The van der Waals surface area contributed by atoms with Crippen LogP contribution < -0.4 is 10.6 Å². The molecule has 0 aliphatic carbocycles. The number of carboxylic acid groups (broad SMARTS) is 1. The van der Waals surface area contributed by atoms with Gasteiger partial charge in [-0.1, -0.05) is 0 Å². The van der Waals surface area contributed by atoms with E-state index in [4.69, 9.17) is 5.11 Å². The Kier molecular flexibility index (Phi) is 6.53. The van der Waals surface area contributed by atoms with Crippen molar-refractivity contribution in [1.82, 2.24) is 15.2 Å². The van der Waals surface area contributed by atoms with Crippen LogP contribution in [0, 0.1) is 5.92 Å². The molecule has 8 nitrogen and oxygen atoms in total. The molecule has 1 atom stereocenters. The minimum Gasteiger partial charge on any atom is -0.481 e. The minimum absolute atomic E-state index is 0.0738. The molecular weight excluding hydrogens is 380 g/mol. The van der Waals surface area contributed by atoms with Crippen molar-refractivity contribution in [3.05, 3.63) is 22.8 Å². The summed E-state index contributed by atoms with van der Waals surface area (Å²) < 4.78 is 0.822. The number of nitrogens with zero attached hydrogens (tertiary/aromatic N) is 2. The number of carbonyl (C=O) groups is 3. The molecule has 0 aromatic carbocycles. The van der Waals surface area contributed by atoms with E-state index in [1.165, 1.54) is 0 Å². The first-order valence-electron chi connectivity index (χ1n) is 7.62. The summed E-state index contributed by atoms with van der Waals surface area (Å²) in [6, 6.07) is 3.14. The third-order valence-corrected chi connectivity index (χ3v) is 4.14. The number of halogens is 1. The monoisotopic (exact) mass is 398 g/mol. The summed E-state index contributed by atoms with van der Waals surface area (Å²) in [4.78, 5) is 40.5. The third-order valence-electron chi connectivity index (χ3n) is 3.67. The van der Waals surface area contributed by atoms with Crippen LogP contribution in [0.25, 0.3) is 0 Å². The molecule has 3 amide bonds. The number of piperidine rings is 1. The second-order valence-corrected chi connectivity index (χ2v) is 6.43. The molecule has 1 aliphatic rings. The van der Waals surface area contributed by atoms with Gasteiger partial charge in [0.2, 0.25) is 5.91 Å². The average Bonchev–Trinajstić information content (AvgIpc) is 2.56. The van der Waals surface area contributed by atoms with E-state index in [2.05, 4.69) is 31.5 Å². The molecule has 0 bridgehead atoms. The van der Waals surface area contributed by atoms with Gasteiger partial charge in [0.05, 0.1) is 12.3 Å². The number of hydrogen-bond donors (Lipinski definition) is 3. The zero-order chi connectivity index (χ0) is 17.5. The number of amides is 3. The molecule has 1 saturated heterocycles. The molecule has 2 rings (SSSR count). The number of anilines is 1. The Morgan fingerprint density at radius 1 is 1.38 bits per heavy atom. The largest absolute Gasteiger partial charge is 0.481 e. The second-order valence-electron chi connectivity index (χ2n) is 5.51. The summed E-state index contributed by atoms with van der Waals surface area (Å²) in [6.07, 6.45) is 2.89. The maximum atomic E-state index is 12.3. The van der Waals surface area contributed by atoms with Crippen LogP contribution in [0.15, 0.2) is 22.8 Å². The molecule has 0 saturated carbocycles. The number of nitrogens with one attached hydrogen (secondary N) is 2. The zero-order valence-corrected chi connectivity index (χ0v) is 14.6. The van der Waals surface area contributed by atoms with E-state index >= 15 is 0 Å². The molecule has 1 aromatic heterocycles. The Balaban J connectivity index is 1.85. The van der Waals surface area contributed by atoms with Crippen LogP contribution in [-0.2, 0) is 9.59 Å². The van der Waals surface area contributed by atoms with E-state index in [1.54, 1.807) is 23.2 Å². The van der Waals surface area contributed by atoms with Crippen LogP contribution in [0.4, 0.5) is 10.6 Å². The fourth-order valence-electron chi connectivity index (χ4n) is 2.44. The minimum atomic E-state index is -0.965. The van der Waals surface area contributed by atoms with E-state index in [9.17, 15) is 14.4 Å². The summed E-state index contributed by atoms with van der Waals surface area (Å²) in [5.41, 5.74) is 0. The highest BCUT2D eigenvalue weighted by molar-refractivity contribution is 9.10. The molecule has 1 fully saturated rings. The normalized spacial score (nSPS) is 17.2. The summed E-state index contributed by atoms with van der Waals surface area (Å²) in [5, 5.41) is 13.9. The number of aromatic nitrogens is 1. The summed E-state index contributed by atoms with van der Waals surface area (Å²) >= 11 is 3.28. The Bertz CT molecular complexity index is 608. The van der Waals surface area contributed by atoms with Crippen LogP contribution in [0.1, 0.15) is 19.3 Å². The van der Waals surface area contributed by atoms with Gasteiger partial charge < -0.3 is 20.6 Å². The number of likely N-dealkylation sites (tertiary alicyclic amines) is 1. The molecule has 2 heterocycles. The van der Waals surface area contributed by atoms with E-state index in [1.807, 2.05) is 0 Å². The maximum absolute atomic E-state index is 12.3. The molecule has 9 heteroatoms. The number of urea groups is 1. The van der Waals surface area contributed by atoms with E-state index in [-0.39, 0.29) is 30.8 Å². The van der Waals surface area contributed by atoms with Gasteiger partial charge in [0.25, 0.3) is 0 Å². The quantitative estimate of drug-likeness (QED) is 0.698. The molecule has 130 valence electrons. The summed E-state index contributed by atoms with van der Waals surface area (Å²) in [7, 11) is 0. The fraction of sp³-hybridized carbons (Fsp3) is 0.467. The fourth-order valence-corrected chi connectivity index (χ4v) is 2.68. The van der Waals surface area contributed by atoms with Crippen molar-refractivity contribution >= 4 is 39.7 Å². The number of pyridine rings is 1. The lowest BCUT2D eigenvalue weighted by Gasteiger charge is -2.32. The maximum Gasteiger partial charge on any atom is 0.317 e. The first-order chi connectivity index (χ1) is 11.5. The SMILES string of the molecule is O=C(O)CCNC(=O)N1CCCC(C(=O)Nc2ccc(Br)cn2)C1. The van der Waals surface area contributed by atoms with Crippen molar-refractivity contribution in [3.63, 3.8) is 0 Å². The Morgan fingerprint density at radius 3 is 2.83 bits per heavy atom. The van der Waals surface area contributed by atoms with Crippen LogP contribution in [0.5, 0.6) is 0 Å². The average molecular weight is 399 g/mol. The number of hydrogen-bond acceptors (Lipinski definition) is 4. The first-order valence-corrected chi connectivity index (χ1v) is 8.42. The van der Waals surface area contributed by atoms with Crippen LogP contribution in [0.3, 0.4) is 0 Å². The van der Waals surface area contributed by atoms with Crippen molar-refractivity contribution < 1.29 is 19.5 Å². The highest BCUT2D eigenvalue weighted by Crippen LogP contribution is 2.19. The predicted molar refractivity (Wildman–Crippen MR) is 90.5 cm³/mol. The molecule has 24 heavy (non-hydrogen) atoms. The Hall–Kier alpha value is -2.16. The van der Waals surface area contributed by atoms with Crippen molar-refractivity contribution in [1.29, 1.82) is 0 Å². The topological polar surface area (TPSA) is 112 Å². The highest BCUT2D eigenvalue weighted by Gasteiger charge is 2.28. The lowest BCUT2D eigenvalue weighted by molar-refractivity contribution is -0.136. The van der Waals surface area contributed by atoms with Gasteiger partial charge in [0, 0.05) is 30.3 Å². The van der Waals surface area contributed by atoms with Crippen molar-refractivity contribution in [3.8, 4) is 0 Å². The number of rotatable bonds is 5. The second kappa shape index (κ2) is 8.62. The van der Waals surface area contributed by atoms with Gasteiger partial charge in [0.1, 0.15) is 5.82 Å². The van der Waals surface area contributed by atoms with E-state index in [0.717, 1.165) is 10.9 Å². The smallest absolute Gasteiger partial charge is 0.317 e. The Morgan fingerprint density at radius 2 is 2.17 bits per heavy atom. The molecule has 3 N–H and O–H groups in total. The van der Waals surface area contributed by atoms with Crippen molar-refractivity contribution in [2.45, 2.75) is 19.3 Å². The lowest BCUT2D eigenvalue weighted by Crippen LogP contribution is -2.48. The molecule has 0 spiro atoms. The van der Waals surface area contributed by atoms with Crippen LogP contribution >= 0.6 is 15.9 Å². The van der Waals surface area contributed by atoms with Crippen molar-refractivity contribution in [2.24, 2.45) is 5.92 Å². The van der Waals surface area contributed by atoms with Gasteiger partial charge in [-0.2, -0.15) is 0 Å². The number of carboxylic acids is 1. The lowest BCUT2D eigenvalue weighted by atomic mass is 9.97. The molecule has 0 radical (unpaired) electrons. The van der Waals surface area contributed by atoms with Gasteiger partial charge in [-0.25, -0.2) is 9.78 Å². The summed E-state index contributed by atoms with van der Waals surface area (Å²) in [5.74, 6) is -0.985. The molecule has 1 aliphatic heterocycles. The predicted octanol–water partition coefficient (Wildman–Crippen LogP) is 1.68. The number of carbonyl (C=O) groups excluding carboxylic acids is 2.